The molecule has 1 aromatic carbocycles. The highest BCUT2D eigenvalue weighted by molar-refractivity contribution is 6.31. The van der Waals surface area contributed by atoms with Gasteiger partial charge in [-0.2, -0.15) is 0 Å². The van der Waals surface area contributed by atoms with Gasteiger partial charge < -0.3 is 15.1 Å². The quantitative estimate of drug-likeness (QED) is 0.874. The third-order valence-electron chi connectivity index (χ3n) is 5.52. The van der Waals surface area contributed by atoms with E-state index in [1.165, 1.54) is 0 Å². The van der Waals surface area contributed by atoms with E-state index in [0.717, 1.165) is 29.6 Å². The van der Waals surface area contributed by atoms with Crippen molar-refractivity contribution < 1.29 is 15.0 Å². The van der Waals surface area contributed by atoms with Crippen molar-refractivity contribution in [1.82, 2.24) is 4.98 Å². The van der Waals surface area contributed by atoms with Gasteiger partial charge in [0.2, 0.25) is 0 Å². The fraction of sp³-hybridized carbons (Fsp3) is 0.474. The van der Waals surface area contributed by atoms with E-state index in [4.69, 9.17) is 11.6 Å². The lowest BCUT2D eigenvalue weighted by atomic mass is 9.73. The van der Waals surface area contributed by atoms with Crippen molar-refractivity contribution in [2.45, 2.75) is 31.8 Å². The van der Waals surface area contributed by atoms with E-state index in [2.05, 4.69) is 4.98 Å². The van der Waals surface area contributed by atoms with E-state index >= 15 is 0 Å². The summed E-state index contributed by atoms with van der Waals surface area (Å²) in [7, 11) is 0. The summed E-state index contributed by atoms with van der Waals surface area (Å²) in [4.78, 5) is 18.7. The molecule has 2 fully saturated rings. The van der Waals surface area contributed by atoms with Crippen molar-refractivity contribution in [1.29, 1.82) is 0 Å². The highest BCUT2D eigenvalue weighted by atomic mass is 35.5. The third-order valence-corrected chi connectivity index (χ3v) is 5.75. The molecule has 1 saturated heterocycles. The van der Waals surface area contributed by atoms with Crippen LogP contribution < -0.4 is 4.90 Å². The molecule has 1 saturated carbocycles. The van der Waals surface area contributed by atoms with Crippen molar-refractivity contribution in [3.8, 4) is 0 Å². The number of carboxylic acid groups (broad SMARTS) is 1. The molecule has 2 heterocycles. The van der Waals surface area contributed by atoms with Gasteiger partial charge in [-0.15, -0.1) is 0 Å². The summed E-state index contributed by atoms with van der Waals surface area (Å²) in [5.74, 6) is 0.282. The Morgan fingerprint density at radius 2 is 2.08 bits per heavy atom. The van der Waals surface area contributed by atoms with Crippen molar-refractivity contribution in [2.75, 3.05) is 18.0 Å². The summed E-state index contributed by atoms with van der Waals surface area (Å²) < 4.78 is 0. The van der Waals surface area contributed by atoms with Crippen LogP contribution in [0.1, 0.15) is 25.7 Å². The number of hydrogen-bond donors (Lipinski definition) is 2. The summed E-state index contributed by atoms with van der Waals surface area (Å²) in [5, 5.41) is 22.0. The van der Waals surface area contributed by atoms with E-state index in [9.17, 15) is 15.0 Å². The Morgan fingerprint density at radius 3 is 2.80 bits per heavy atom. The van der Waals surface area contributed by atoms with E-state index in [1.54, 1.807) is 6.07 Å². The second-order valence-corrected chi connectivity index (χ2v) is 7.78. The van der Waals surface area contributed by atoms with Gasteiger partial charge in [0.1, 0.15) is 11.2 Å². The minimum Gasteiger partial charge on any atom is -0.481 e. The summed E-state index contributed by atoms with van der Waals surface area (Å²) in [6, 6.07) is 9.39. The molecule has 1 aliphatic carbocycles. The van der Waals surface area contributed by atoms with Crippen LogP contribution in [0.2, 0.25) is 5.02 Å². The molecule has 0 spiro atoms. The summed E-state index contributed by atoms with van der Waals surface area (Å²) >= 11 is 6.02. The lowest BCUT2D eigenvalue weighted by Gasteiger charge is -2.44. The van der Waals surface area contributed by atoms with E-state index in [0.29, 0.717) is 36.9 Å². The molecule has 1 aliphatic heterocycles. The maximum Gasteiger partial charge on any atom is 0.314 e. The minimum atomic E-state index is -1.10. The van der Waals surface area contributed by atoms with Crippen LogP contribution >= 0.6 is 11.6 Å². The fourth-order valence-corrected chi connectivity index (χ4v) is 4.05. The number of aromatic nitrogens is 1. The number of aliphatic hydroxyl groups excluding tert-OH is 1. The molecule has 6 heteroatoms. The first-order chi connectivity index (χ1) is 12.0. The first kappa shape index (κ1) is 16.6. The Kier molecular flexibility index (Phi) is 4.08. The van der Waals surface area contributed by atoms with Crippen LogP contribution in [-0.2, 0) is 4.79 Å². The maximum atomic E-state index is 12.1. The van der Waals surface area contributed by atoms with Crippen molar-refractivity contribution in [2.24, 2.45) is 11.3 Å². The summed E-state index contributed by atoms with van der Waals surface area (Å²) in [6.07, 6.45) is 2.32. The second-order valence-electron chi connectivity index (χ2n) is 7.34. The normalized spacial score (nSPS) is 26.8. The van der Waals surface area contributed by atoms with Gasteiger partial charge in [-0.25, -0.2) is 4.98 Å². The number of aliphatic hydroxyl groups is 1. The Labute approximate surface area is 151 Å². The van der Waals surface area contributed by atoms with E-state index in [1.807, 2.05) is 29.2 Å². The first-order valence-corrected chi connectivity index (χ1v) is 9.08. The molecule has 2 N–H and O–H groups in total. The molecule has 0 radical (unpaired) electrons. The predicted octanol–water partition coefficient (Wildman–Crippen LogP) is 3.33. The van der Waals surface area contributed by atoms with Crippen LogP contribution in [0, 0.1) is 11.3 Å². The van der Waals surface area contributed by atoms with Gasteiger partial charge >= 0.3 is 5.97 Å². The van der Waals surface area contributed by atoms with Gasteiger partial charge in [-0.3, -0.25) is 4.79 Å². The predicted molar refractivity (Wildman–Crippen MR) is 97.0 cm³/mol. The number of anilines is 1. The number of halogens is 1. The molecule has 2 atom stereocenters. The smallest absolute Gasteiger partial charge is 0.314 e. The second kappa shape index (κ2) is 6.15. The Hall–Kier alpha value is -1.85. The van der Waals surface area contributed by atoms with Crippen molar-refractivity contribution in [3.63, 3.8) is 0 Å². The molecule has 2 aliphatic rings. The molecular formula is C19H21ClN2O3. The maximum absolute atomic E-state index is 12.1. The molecule has 0 bridgehead atoms. The number of fused-ring (bicyclic) bond motifs is 1. The topological polar surface area (TPSA) is 73.7 Å². The molecule has 132 valence electrons. The van der Waals surface area contributed by atoms with Gasteiger partial charge in [0.05, 0.1) is 11.6 Å². The van der Waals surface area contributed by atoms with Gasteiger partial charge in [-0.05, 0) is 49.1 Å². The average molecular weight is 361 g/mol. The van der Waals surface area contributed by atoms with Crippen LogP contribution in [0.4, 0.5) is 5.82 Å². The van der Waals surface area contributed by atoms with Crippen LogP contribution in [0.15, 0.2) is 30.3 Å². The average Bonchev–Trinajstić information content (AvgIpc) is 3.40. The number of carbonyl (C=O) groups is 1. The SMILES string of the molecule is O=C(O)[C@@]1(CC2CC2)CN(c2ccc3cc(Cl)ccc3n2)CC[C@@H]1O. The molecular weight excluding hydrogens is 340 g/mol. The van der Waals surface area contributed by atoms with Gasteiger partial charge in [0, 0.05) is 23.5 Å². The van der Waals surface area contributed by atoms with Crippen LogP contribution in [-0.4, -0.2) is 40.4 Å². The number of hydrogen-bond acceptors (Lipinski definition) is 4. The lowest BCUT2D eigenvalue weighted by molar-refractivity contribution is -0.158. The third kappa shape index (κ3) is 3.07. The van der Waals surface area contributed by atoms with Gasteiger partial charge in [-0.1, -0.05) is 24.4 Å². The zero-order valence-corrected chi connectivity index (χ0v) is 14.6. The zero-order chi connectivity index (χ0) is 17.6. The van der Waals surface area contributed by atoms with Crippen LogP contribution in [0.3, 0.4) is 0 Å². The molecule has 2 aromatic rings. The number of nitrogens with zero attached hydrogens (tertiary/aromatic N) is 2. The monoisotopic (exact) mass is 360 g/mol. The van der Waals surface area contributed by atoms with Crippen LogP contribution in [0.25, 0.3) is 10.9 Å². The highest BCUT2D eigenvalue weighted by Crippen LogP contribution is 2.45. The number of benzene rings is 1. The number of pyridine rings is 1. The highest BCUT2D eigenvalue weighted by Gasteiger charge is 2.51. The lowest BCUT2D eigenvalue weighted by Crippen LogP contribution is -2.56. The number of carboxylic acids is 1. The van der Waals surface area contributed by atoms with E-state index in [-0.39, 0.29) is 0 Å². The number of piperidine rings is 1. The zero-order valence-electron chi connectivity index (χ0n) is 13.9. The molecule has 25 heavy (non-hydrogen) atoms. The summed E-state index contributed by atoms with van der Waals surface area (Å²) in [6.45, 7) is 0.902. The van der Waals surface area contributed by atoms with E-state index < -0.39 is 17.5 Å². The Bertz CT molecular complexity index is 823. The molecule has 1 aromatic heterocycles. The number of aliphatic carboxylic acids is 1. The summed E-state index contributed by atoms with van der Waals surface area (Å²) in [5.41, 5.74) is -0.271. The van der Waals surface area contributed by atoms with Crippen molar-refractivity contribution in [3.05, 3.63) is 35.4 Å². The Balaban J connectivity index is 1.65. The molecule has 0 unspecified atom stereocenters. The van der Waals surface area contributed by atoms with Crippen LogP contribution in [0.5, 0.6) is 0 Å². The molecule has 5 nitrogen and oxygen atoms in total. The largest absolute Gasteiger partial charge is 0.481 e. The van der Waals surface area contributed by atoms with Crippen molar-refractivity contribution >= 4 is 34.3 Å². The molecule has 0 amide bonds. The number of rotatable bonds is 4. The Morgan fingerprint density at radius 1 is 1.28 bits per heavy atom. The standard InChI is InChI=1S/C19H21ClN2O3/c20-14-4-5-15-13(9-14)3-6-17(21-15)22-8-7-16(23)19(11-22,18(24)25)10-12-1-2-12/h3-6,9,12,16,23H,1-2,7-8,10-11H2,(H,24,25)/t16-,19-/m0/s1. The van der Waals surface area contributed by atoms with Gasteiger partial charge in [0.15, 0.2) is 0 Å². The molecule has 4 rings (SSSR count). The fourth-order valence-electron chi connectivity index (χ4n) is 3.87. The first-order valence-electron chi connectivity index (χ1n) is 8.71. The minimum absolute atomic E-state index is 0.298. The van der Waals surface area contributed by atoms with Gasteiger partial charge in [0.25, 0.3) is 0 Å².